The van der Waals surface area contributed by atoms with Crippen LogP contribution < -0.4 is 14.9 Å². The van der Waals surface area contributed by atoms with Gasteiger partial charge in [0.05, 0.1) is 11.0 Å². The van der Waals surface area contributed by atoms with Crippen LogP contribution in [-0.2, 0) is 17.5 Å². The molecule has 0 amide bonds. The molecule has 2 N–H and O–H groups in total. The zero-order chi connectivity index (χ0) is 15.0. The Morgan fingerprint density at radius 2 is 1.95 bits per heavy atom. The lowest BCUT2D eigenvalue weighted by Gasteiger charge is -2.31. The smallest absolute Gasteiger partial charge is 0.0886 e. The van der Waals surface area contributed by atoms with Crippen LogP contribution in [0.4, 0.5) is 5.69 Å². The number of aryl methyl sites for hydroxylation is 1. The topological polar surface area (TPSA) is 44.4 Å². The van der Waals surface area contributed by atoms with Crippen molar-refractivity contribution in [2.24, 2.45) is 0 Å². The van der Waals surface area contributed by atoms with Crippen molar-refractivity contribution in [1.82, 2.24) is 10.0 Å². The van der Waals surface area contributed by atoms with Crippen molar-refractivity contribution in [3.8, 4) is 0 Å². The Bertz CT molecular complexity index is 431. The fourth-order valence-electron chi connectivity index (χ4n) is 2.25. The molecule has 114 valence electrons. The first-order valence-electron chi connectivity index (χ1n) is 7.29. The van der Waals surface area contributed by atoms with Crippen LogP contribution in [0, 0.1) is 6.92 Å². The normalized spacial score (nSPS) is 16.3. The van der Waals surface area contributed by atoms with E-state index in [1.165, 1.54) is 16.8 Å². The predicted molar refractivity (Wildman–Crippen MR) is 88.5 cm³/mol. The number of benzene rings is 1. The number of nitrogens with zero attached hydrogens (tertiary/aromatic N) is 1. The van der Waals surface area contributed by atoms with Crippen molar-refractivity contribution in [3.63, 3.8) is 0 Å². The molecule has 1 atom stereocenters. The zero-order valence-electron chi connectivity index (χ0n) is 13.0. The highest BCUT2D eigenvalue weighted by atomic mass is 32.2. The molecule has 0 radical (unpaired) electrons. The molecule has 1 aliphatic rings. The van der Waals surface area contributed by atoms with E-state index in [0.717, 1.165) is 26.2 Å². The number of piperazine rings is 1. The van der Waals surface area contributed by atoms with Crippen LogP contribution in [-0.4, -0.2) is 36.6 Å². The Kier molecular flexibility index (Phi) is 7.80. The van der Waals surface area contributed by atoms with Crippen LogP contribution in [0.5, 0.6) is 0 Å². The highest BCUT2D eigenvalue weighted by Crippen LogP contribution is 2.22. The SMILES string of the molecule is CC.Cc1ccc(N2CCNCC2)c(CNS(C)=O)c1. The van der Waals surface area contributed by atoms with Crippen molar-refractivity contribution >= 4 is 16.7 Å². The highest BCUT2D eigenvalue weighted by Gasteiger charge is 2.14. The van der Waals surface area contributed by atoms with Crippen LogP contribution in [0.1, 0.15) is 25.0 Å². The largest absolute Gasteiger partial charge is 0.369 e. The van der Waals surface area contributed by atoms with E-state index in [1.54, 1.807) is 6.26 Å². The van der Waals surface area contributed by atoms with E-state index in [1.807, 2.05) is 13.8 Å². The van der Waals surface area contributed by atoms with Crippen LogP contribution in [0.15, 0.2) is 18.2 Å². The van der Waals surface area contributed by atoms with E-state index in [9.17, 15) is 4.21 Å². The lowest BCUT2D eigenvalue weighted by atomic mass is 10.1. The monoisotopic (exact) mass is 297 g/mol. The number of hydrogen-bond donors (Lipinski definition) is 2. The van der Waals surface area contributed by atoms with Crippen LogP contribution in [0.3, 0.4) is 0 Å². The zero-order valence-corrected chi connectivity index (χ0v) is 13.8. The van der Waals surface area contributed by atoms with Crippen molar-refractivity contribution in [1.29, 1.82) is 0 Å². The van der Waals surface area contributed by atoms with Crippen molar-refractivity contribution < 1.29 is 4.21 Å². The van der Waals surface area contributed by atoms with E-state index in [0.29, 0.717) is 6.54 Å². The summed E-state index contributed by atoms with van der Waals surface area (Å²) in [5.74, 6) is 0. The van der Waals surface area contributed by atoms with E-state index in [2.05, 4.69) is 40.1 Å². The molecule has 4 nitrogen and oxygen atoms in total. The first kappa shape index (κ1) is 17.1. The average Bonchev–Trinajstić information content (AvgIpc) is 2.48. The van der Waals surface area contributed by atoms with Gasteiger partial charge in [-0.1, -0.05) is 31.5 Å². The van der Waals surface area contributed by atoms with E-state index in [4.69, 9.17) is 0 Å². The Morgan fingerprint density at radius 1 is 1.30 bits per heavy atom. The quantitative estimate of drug-likeness (QED) is 0.891. The lowest BCUT2D eigenvalue weighted by Crippen LogP contribution is -2.44. The second-order valence-electron chi connectivity index (χ2n) is 4.64. The number of hydrogen-bond acceptors (Lipinski definition) is 3. The maximum absolute atomic E-state index is 11.2. The van der Waals surface area contributed by atoms with Gasteiger partial charge in [-0.15, -0.1) is 0 Å². The highest BCUT2D eigenvalue weighted by molar-refractivity contribution is 7.82. The Hall–Kier alpha value is -0.910. The third-order valence-electron chi connectivity index (χ3n) is 3.16. The molecule has 1 aromatic carbocycles. The molecule has 0 aliphatic carbocycles. The maximum atomic E-state index is 11.2. The first-order valence-corrected chi connectivity index (χ1v) is 8.85. The van der Waals surface area contributed by atoms with Crippen LogP contribution in [0.2, 0.25) is 0 Å². The molecule has 2 rings (SSSR count). The molecule has 1 saturated heterocycles. The summed E-state index contributed by atoms with van der Waals surface area (Å²) in [4.78, 5) is 2.39. The van der Waals surface area contributed by atoms with Gasteiger partial charge in [0, 0.05) is 44.7 Å². The fourth-order valence-corrected chi connectivity index (χ4v) is 2.61. The van der Waals surface area contributed by atoms with Crippen LogP contribution in [0.25, 0.3) is 0 Å². The Balaban J connectivity index is 0.000000956. The summed E-state index contributed by atoms with van der Waals surface area (Å²) in [7, 11) is -0.967. The number of nitrogens with one attached hydrogen (secondary N) is 2. The molecule has 1 aliphatic heterocycles. The molecule has 1 heterocycles. The summed E-state index contributed by atoms with van der Waals surface area (Å²) >= 11 is 0. The molecule has 1 unspecified atom stereocenters. The Morgan fingerprint density at radius 3 is 2.55 bits per heavy atom. The van der Waals surface area contributed by atoms with Gasteiger partial charge in [-0.2, -0.15) is 0 Å². The lowest BCUT2D eigenvalue weighted by molar-refractivity contribution is 0.587. The van der Waals surface area contributed by atoms with Crippen molar-refractivity contribution in [2.75, 3.05) is 37.3 Å². The second-order valence-corrected chi connectivity index (χ2v) is 5.84. The summed E-state index contributed by atoms with van der Waals surface area (Å²) in [6.45, 7) is 10.9. The third kappa shape index (κ3) is 5.23. The van der Waals surface area contributed by atoms with Crippen molar-refractivity contribution in [2.45, 2.75) is 27.3 Å². The van der Waals surface area contributed by atoms with E-state index < -0.39 is 11.0 Å². The van der Waals surface area contributed by atoms with Gasteiger partial charge < -0.3 is 10.2 Å². The average molecular weight is 297 g/mol. The number of rotatable bonds is 4. The van der Waals surface area contributed by atoms with Crippen LogP contribution >= 0.6 is 0 Å². The molecule has 5 heteroatoms. The van der Waals surface area contributed by atoms with Gasteiger partial charge in [-0.3, -0.25) is 0 Å². The minimum Gasteiger partial charge on any atom is -0.369 e. The van der Waals surface area contributed by atoms with E-state index >= 15 is 0 Å². The predicted octanol–water partition coefficient (Wildman–Crippen LogP) is 1.81. The van der Waals surface area contributed by atoms with Gasteiger partial charge in [-0.25, -0.2) is 8.93 Å². The van der Waals surface area contributed by atoms with Gasteiger partial charge >= 0.3 is 0 Å². The van der Waals surface area contributed by atoms with E-state index in [-0.39, 0.29) is 0 Å². The second kappa shape index (κ2) is 9.10. The van der Waals surface area contributed by atoms with Gasteiger partial charge in [0.25, 0.3) is 0 Å². The molecule has 0 saturated carbocycles. The maximum Gasteiger partial charge on any atom is 0.0886 e. The summed E-state index contributed by atoms with van der Waals surface area (Å²) < 4.78 is 14.2. The molecule has 0 bridgehead atoms. The summed E-state index contributed by atoms with van der Waals surface area (Å²) in [6.07, 6.45) is 1.67. The summed E-state index contributed by atoms with van der Waals surface area (Å²) in [5.41, 5.74) is 3.74. The van der Waals surface area contributed by atoms with Gasteiger partial charge in [-0.05, 0) is 18.6 Å². The van der Waals surface area contributed by atoms with Gasteiger partial charge in [0.15, 0.2) is 0 Å². The van der Waals surface area contributed by atoms with Gasteiger partial charge in [0.2, 0.25) is 0 Å². The minimum absolute atomic E-state index is 0.657. The fraction of sp³-hybridized carbons (Fsp3) is 0.600. The molecule has 20 heavy (non-hydrogen) atoms. The van der Waals surface area contributed by atoms with Gasteiger partial charge in [0.1, 0.15) is 0 Å². The Labute approximate surface area is 125 Å². The third-order valence-corrected chi connectivity index (χ3v) is 3.71. The molecule has 0 spiro atoms. The summed E-state index contributed by atoms with van der Waals surface area (Å²) in [6, 6.07) is 6.50. The summed E-state index contributed by atoms with van der Waals surface area (Å²) in [5, 5.41) is 3.36. The molecular weight excluding hydrogens is 270 g/mol. The molecular formula is C15H27N3OS. The first-order chi connectivity index (χ1) is 9.66. The molecule has 0 aromatic heterocycles. The van der Waals surface area contributed by atoms with Crippen molar-refractivity contribution in [3.05, 3.63) is 29.3 Å². The number of anilines is 1. The molecule has 1 aromatic rings. The standard InChI is InChI=1S/C13H21N3OS.C2H6/c1-11-3-4-13(16-7-5-14-6-8-16)12(9-11)10-15-18(2)17;1-2/h3-4,9,14-15H,5-8,10H2,1-2H3;1-2H3. The molecule has 1 fully saturated rings. The minimum atomic E-state index is -0.967.